The van der Waals surface area contributed by atoms with E-state index in [0.29, 0.717) is 16.6 Å². The zero-order valence-electron chi connectivity index (χ0n) is 15.7. The molecule has 1 amide bonds. The third kappa shape index (κ3) is 4.04. The molecule has 0 radical (unpaired) electrons. The van der Waals surface area contributed by atoms with E-state index >= 15 is 0 Å². The number of nitrogens with one attached hydrogen (secondary N) is 1. The number of benzene rings is 2. The molecule has 3 aromatic rings. The van der Waals surface area contributed by atoms with Crippen molar-refractivity contribution in [3.05, 3.63) is 53.6 Å². The molecule has 1 heterocycles. The van der Waals surface area contributed by atoms with Gasteiger partial charge in [0, 0.05) is 5.56 Å². The molecule has 1 N–H and O–H groups in total. The quantitative estimate of drug-likeness (QED) is 0.661. The molecule has 0 aliphatic carbocycles. The lowest BCUT2D eigenvalue weighted by atomic mass is 10.0. The Hall–Kier alpha value is -2.25. The first-order valence-electron chi connectivity index (χ1n) is 8.74. The first kappa shape index (κ1) is 19.5. The lowest BCUT2D eigenvalue weighted by molar-refractivity contribution is 0.102. The van der Waals surface area contributed by atoms with Crippen LogP contribution in [0.1, 0.15) is 49.5 Å². The van der Waals surface area contributed by atoms with Crippen molar-refractivity contribution >= 4 is 42.4 Å². The van der Waals surface area contributed by atoms with E-state index in [2.05, 4.69) is 30.2 Å². The maximum atomic E-state index is 12.6. The maximum absolute atomic E-state index is 12.6. The van der Waals surface area contributed by atoms with Crippen molar-refractivity contribution in [3.63, 3.8) is 0 Å². The molecule has 2 aromatic carbocycles. The average Bonchev–Trinajstić information content (AvgIpc) is 3.02. The van der Waals surface area contributed by atoms with Crippen LogP contribution in [0.4, 0.5) is 5.13 Å². The van der Waals surface area contributed by atoms with Gasteiger partial charge in [0.05, 0.1) is 20.4 Å². The van der Waals surface area contributed by atoms with E-state index in [1.165, 1.54) is 29.0 Å². The van der Waals surface area contributed by atoms with Gasteiger partial charge in [0.15, 0.2) is 15.0 Å². The average molecular weight is 403 g/mol. The van der Waals surface area contributed by atoms with Gasteiger partial charge in [-0.25, -0.2) is 13.4 Å². The van der Waals surface area contributed by atoms with E-state index in [9.17, 15) is 13.2 Å². The van der Waals surface area contributed by atoms with Crippen molar-refractivity contribution < 1.29 is 13.2 Å². The second kappa shape index (κ2) is 7.40. The molecule has 0 bridgehead atoms. The Labute approximate surface area is 163 Å². The Morgan fingerprint density at radius 2 is 1.81 bits per heavy atom. The number of nitrogens with zero attached hydrogens (tertiary/aromatic N) is 1. The van der Waals surface area contributed by atoms with Crippen LogP contribution in [0.2, 0.25) is 0 Å². The molecular formula is C20H22N2O3S2. The Morgan fingerprint density at radius 3 is 2.48 bits per heavy atom. The third-order valence-electron chi connectivity index (χ3n) is 4.34. The Kier molecular flexibility index (Phi) is 5.35. The lowest BCUT2D eigenvalue weighted by Gasteiger charge is -2.09. The highest BCUT2D eigenvalue weighted by Crippen LogP contribution is 2.29. The van der Waals surface area contributed by atoms with Crippen molar-refractivity contribution in [3.8, 4) is 0 Å². The van der Waals surface area contributed by atoms with Gasteiger partial charge < -0.3 is 0 Å². The zero-order chi connectivity index (χ0) is 19.8. The minimum atomic E-state index is -3.43. The molecule has 0 aliphatic rings. The molecular weight excluding hydrogens is 380 g/mol. The first-order chi connectivity index (χ1) is 12.7. The number of anilines is 1. The van der Waals surface area contributed by atoms with Crippen molar-refractivity contribution in [1.29, 1.82) is 0 Å². The van der Waals surface area contributed by atoms with Crippen molar-refractivity contribution in [2.75, 3.05) is 5.32 Å². The van der Waals surface area contributed by atoms with Crippen LogP contribution in [-0.4, -0.2) is 24.6 Å². The smallest absolute Gasteiger partial charge is 0.257 e. The van der Waals surface area contributed by atoms with Crippen LogP contribution < -0.4 is 5.32 Å². The number of aromatic nitrogens is 1. The standard InChI is InChI=1S/C20H22N2O3S2/c1-12(2)14-8-9-17-18(11-14)26-20(21-17)22-19(23)15-6-5-7-16(10-15)27(24,25)13(3)4/h5-13H,1-4H3,(H,21,22,23). The first-order valence-corrected chi connectivity index (χ1v) is 11.1. The van der Waals surface area contributed by atoms with Gasteiger partial charge in [-0.15, -0.1) is 0 Å². The van der Waals surface area contributed by atoms with Gasteiger partial charge in [-0.1, -0.05) is 37.3 Å². The van der Waals surface area contributed by atoms with E-state index in [-0.39, 0.29) is 10.8 Å². The van der Waals surface area contributed by atoms with Crippen LogP contribution in [0, 0.1) is 0 Å². The zero-order valence-corrected chi connectivity index (χ0v) is 17.3. The molecule has 27 heavy (non-hydrogen) atoms. The van der Waals surface area contributed by atoms with Crippen LogP contribution in [0.3, 0.4) is 0 Å². The van der Waals surface area contributed by atoms with Gasteiger partial charge in [-0.2, -0.15) is 0 Å². The summed E-state index contributed by atoms with van der Waals surface area (Å²) >= 11 is 1.41. The second-order valence-electron chi connectivity index (χ2n) is 6.98. The summed E-state index contributed by atoms with van der Waals surface area (Å²) < 4.78 is 25.7. The summed E-state index contributed by atoms with van der Waals surface area (Å²) in [6.45, 7) is 7.50. The van der Waals surface area contributed by atoms with Gasteiger partial charge >= 0.3 is 0 Å². The van der Waals surface area contributed by atoms with Gasteiger partial charge in [0.2, 0.25) is 0 Å². The fourth-order valence-corrected chi connectivity index (χ4v) is 4.62. The van der Waals surface area contributed by atoms with Gasteiger partial charge in [0.25, 0.3) is 5.91 Å². The minimum absolute atomic E-state index is 0.149. The second-order valence-corrected chi connectivity index (χ2v) is 10.5. The monoisotopic (exact) mass is 402 g/mol. The molecule has 0 unspecified atom stereocenters. The molecule has 0 aliphatic heterocycles. The number of hydrogen-bond acceptors (Lipinski definition) is 5. The Bertz CT molecular complexity index is 1100. The molecule has 0 saturated heterocycles. The highest BCUT2D eigenvalue weighted by Gasteiger charge is 2.20. The number of amides is 1. The van der Waals surface area contributed by atoms with Gasteiger partial charge in [-0.05, 0) is 55.7 Å². The Morgan fingerprint density at radius 1 is 1.07 bits per heavy atom. The van der Waals surface area contributed by atoms with E-state index in [0.717, 1.165) is 10.2 Å². The molecule has 0 saturated carbocycles. The third-order valence-corrected chi connectivity index (χ3v) is 7.43. The highest BCUT2D eigenvalue weighted by molar-refractivity contribution is 7.92. The number of rotatable bonds is 5. The lowest BCUT2D eigenvalue weighted by Crippen LogP contribution is -2.16. The van der Waals surface area contributed by atoms with Crippen LogP contribution >= 0.6 is 11.3 Å². The largest absolute Gasteiger partial charge is 0.298 e. The Balaban J connectivity index is 1.86. The van der Waals surface area contributed by atoms with Crippen molar-refractivity contribution in [2.45, 2.75) is 43.8 Å². The predicted octanol–water partition coefficient (Wildman–Crippen LogP) is 4.85. The summed E-state index contributed by atoms with van der Waals surface area (Å²) in [5.74, 6) is 0.0409. The minimum Gasteiger partial charge on any atom is -0.298 e. The predicted molar refractivity (Wildman–Crippen MR) is 110 cm³/mol. The highest BCUT2D eigenvalue weighted by atomic mass is 32.2. The van der Waals surface area contributed by atoms with E-state index in [1.807, 2.05) is 12.1 Å². The van der Waals surface area contributed by atoms with Crippen molar-refractivity contribution in [1.82, 2.24) is 4.98 Å². The van der Waals surface area contributed by atoms with E-state index < -0.39 is 15.1 Å². The van der Waals surface area contributed by atoms with Gasteiger partial charge in [-0.3, -0.25) is 10.1 Å². The number of sulfone groups is 1. The summed E-state index contributed by atoms with van der Waals surface area (Å²) in [4.78, 5) is 17.2. The molecule has 0 fully saturated rings. The number of thiazole rings is 1. The van der Waals surface area contributed by atoms with Crippen LogP contribution in [0.5, 0.6) is 0 Å². The number of fused-ring (bicyclic) bond motifs is 1. The topological polar surface area (TPSA) is 76.1 Å². The number of hydrogen-bond donors (Lipinski definition) is 1. The SMILES string of the molecule is CC(C)c1ccc2nc(NC(=O)c3cccc(S(=O)(=O)C(C)C)c3)sc2c1. The molecule has 0 atom stereocenters. The summed E-state index contributed by atoms with van der Waals surface area (Å²) in [7, 11) is -3.43. The summed E-state index contributed by atoms with van der Waals surface area (Å²) in [6, 6.07) is 12.2. The normalized spacial score (nSPS) is 12.1. The van der Waals surface area contributed by atoms with Crippen LogP contribution in [0.25, 0.3) is 10.2 Å². The van der Waals surface area contributed by atoms with E-state index in [4.69, 9.17) is 0 Å². The maximum Gasteiger partial charge on any atom is 0.257 e. The van der Waals surface area contributed by atoms with Gasteiger partial charge in [0.1, 0.15) is 0 Å². The summed E-state index contributed by atoms with van der Waals surface area (Å²) in [5, 5.41) is 2.73. The fourth-order valence-electron chi connectivity index (χ4n) is 2.61. The summed E-state index contributed by atoms with van der Waals surface area (Å²) in [6.07, 6.45) is 0. The summed E-state index contributed by atoms with van der Waals surface area (Å²) in [5.41, 5.74) is 2.34. The molecule has 3 rings (SSSR count). The molecule has 142 valence electrons. The molecule has 7 heteroatoms. The van der Waals surface area contributed by atoms with Crippen LogP contribution in [0.15, 0.2) is 47.4 Å². The number of carbonyl (C=O) groups excluding carboxylic acids is 1. The molecule has 0 spiro atoms. The van der Waals surface area contributed by atoms with E-state index in [1.54, 1.807) is 26.0 Å². The molecule has 5 nitrogen and oxygen atoms in total. The van der Waals surface area contributed by atoms with Crippen LogP contribution in [-0.2, 0) is 9.84 Å². The number of carbonyl (C=O) groups is 1. The fraction of sp³-hybridized carbons (Fsp3) is 0.300. The molecule has 1 aromatic heterocycles. The van der Waals surface area contributed by atoms with Crippen molar-refractivity contribution in [2.24, 2.45) is 0 Å².